The quantitative estimate of drug-likeness (QED) is 0.646. The molecule has 2 nitrogen and oxygen atoms in total. The lowest BCUT2D eigenvalue weighted by Gasteiger charge is -2.19. The number of halogens is 2. The smallest absolute Gasteiger partial charge is 0.0592 e. The zero-order chi connectivity index (χ0) is 13.7. The average molecular weight is 311 g/mol. The highest BCUT2D eigenvalue weighted by molar-refractivity contribution is 6.30. The van der Waals surface area contributed by atoms with Crippen LogP contribution in [0.5, 0.6) is 0 Å². The number of anilines is 1. The van der Waals surface area contributed by atoms with E-state index in [2.05, 4.69) is 31.2 Å². The van der Waals surface area contributed by atoms with Crippen molar-refractivity contribution in [1.29, 1.82) is 0 Å². The number of hydrogen-bond acceptors (Lipinski definition) is 2. The SMILES string of the molecule is CCCc1ccc(N(N)Cc2ccc(Cl)cc2)cc1.Cl. The van der Waals surface area contributed by atoms with Crippen molar-refractivity contribution in [1.82, 2.24) is 0 Å². The van der Waals surface area contributed by atoms with Crippen LogP contribution in [-0.2, 0) is 13.0 Å². The largest absolute Gasteiger partial charge is 0.307 e. The summed E-state index contributed by atoms with van der Waals surface area (Å²) in [5, 5.41) is 2.50. The van der Waals surface area contributed by atoms with Crippen LogP contribution in [0.25, 0.3) is 0 Å². The number of hydrogen-bond donors (Lipinski definition) is 1. The molecular weight excluding hydrogens is 291 g/mol. The van der Waals surface area contributed by atoms with Crippen LogP contribution in [0.2, 0.25) is 5.02 Å². The van der Waals surface area contributed by atoms with Crippen molar-refractivity contribution in [3.63, 3.8) is 0 Å². The van der Waals surface area contributed by atoms with Gasteiger partial charge < -0.3 is 5.01 Å². The fourth-order valence-corrected chi connectivity index (χ4v) is 2.15. The Bertz CT molecular complexity index is 509. The Balaban J connectivity index is 0.00000200. The number of hydrazine groups is 1. The Morgan fingerprint density at radius 2 is 1.50 bits per heavy atom. The second-order valence-electron chi connectivity index (χ2n) is 4.67. The molecule has 4 heteroatoms. The highest BCUT2D eigenvalue weighted by Gasteiger charge is 2.03. The van der Waals surface area contributed by atoms with Gasteiger partial charge in [0.05, 0.1) is 12.2 Å². The molecule has 0 fully saturated rings. The molecule has 0 aromatic heterocycles. The molecule has 0 unspecified atom stereocenters. The molecule has 108 valence electrons. The lowest BCUT2D eigenvalue weighted by molar-refractivity contribution is 0.851. The molecule has 0 atom stereocenters. The topological polar surface area (TPSA) is 29.3 Å². The lowest BCUT2D eigenvalue weighted by Crippen LogP contribution is -2.29. The van der Waals surface area contributed by atoms with Crippen molar-refractivity contribution in [2.45, 2.75) is 26.3 Å². The summed E-state index contributed by atoms with van der Waals surface area (Å²) in [7, 11) is 0. The highest BCUT2D eigenvalue weighted by Crippen LogP contribution is 2.17. The van der Waals surface area contributed by atoms with Gasteiger partial charge in [0.25, 0.3) is 0 Å². The summed E-state index contributed by atoms with van der Waals surface area (Å²) in [4.78, 5) is 0. The van der Waals surface area contributed by atoms with E-state index in [1.807, 2.05) is 24.3 Å². The van der Waals surface area contributed by atoms with Crippen molar-refractivity contribution in [2.75, 3.05) is 5.01 Å². The molecule has 2 aromatic carbocycles. The zero-order valence-electron chi connectivity index (χ0n) is 11.6. The summed E-state index contributed by atoms with van der Waals surface area (Å²) in [5.41, 5.74) is 3.52. The van der Waals surface area contributed by atoms with Gasteiger partial charge in [0.2, 0.25) is 0 Å². The van der Waals surface area contributed by atoms with E-state index in [9.17, 15) is 0 Å². The molecule has 0 saturated heterocycles. The van der Waals surface area contributed by atoms with E-state index in [4.69, 9.17) is 17.4 Å². The summed E-state index contributed by atoms with van der Waals surface area (Å²) in [6.07, 6.45) is 2.28. The number of nitrogens with zero attached hydrogens (tertiary/aromatic N) is 1. The Morgan fingerprint density at radius 1 is 0.950 bits per heavy atom. The van der Waals surface area contributed by atoms with Gasteiger partial charge in [-0.3, -0.25) is 0 Å². The molecular formula is C16H20Cl2N2. The van der Waals surface area contributed by atoms with E-state index >= 15 is 0 Å². The fourth-order valence-electron chi connectivity index (χ4n) is 2.02. The Kier molecular flexibility index (Phi) is 6.86. The molecule has 0 spiro atoms. The summed E-state index contributed by atoms with van der Waals surface area (Å²) in [6.45, 7) is 2.86. The molecule has 0 aliphatic carbocycles. The molecule has 0 radical (unpaired) electrons. The minimum Gasteiger partial charge on any atom is -0.307 e. The average Bonchev–Trinajstić information content (AvgIpc) is 2.42. The van der Waals surface area contributed by atoms with E-state index < -0.39 is 0 Å². The zero-order valence-corrected chi connectivity index (χ0v) is 13.1. The van der Waals surface area contributed by atoms with E-state index in [0.29, 0.717) is 6.54 Å². The van der Waals surface area contributed by atoms with Gasteiger partial charge in [-0.25, -0.2) is 5.84 Å². The first-order valence-electron chi connectivity index (χ1n) is 6.54. The first kappa shape index (κ1) is 16.8. The van der Waals surface area contributed by atoms with Gasteiger partial charge in [0.1, 0.15) is 0 Å². The van der Waals surface area contributed by atoms with Gasteiger partial charge in [-0.05, 0) is 41.8 Å². The van der Waals surface area contributed by atoms with Crippen LogP contribution in [0.3, 0.4) is 0 Å². The molecule has 20 heavy (non-hydrogen) atoms. The van der Waals surface area contributed by atoms with Crippen molar-refractivity contribution >= 4 is 29.7 Å². The molecule has 2 N–H and O–H groups in total. The molecule has 0 saturated carbocycles. The summed E-state index contributed by atoms with van der Waals surface area (Å²) >= 11 is 5.87. The highest BCUT2D eigenvalue weighted by atomic mass is 35.5. The van der Waals surface area contributed by atoms with Crippen LogP contribution < -0.4 is 10.9 Å². The molecule has 0 aliphatic rings. The van der Waals surface area contributed by atoms with Crippen LogP contribution in [-0.4, -0.2) is 0 Å². The van der Waals surface area contributed by atoms with E-state index in [1.165, 1.54) is 5.56 Å². The first-order valence-corrected chi connectivity index (χ1v) is 6.92. The molecule has 2 aromatic rings. The van der Waals surface area contributed by atoms with Crippen molar-refractivity contribution < 1.29 is 0 Å². The van der Waals surface area contributed by atoms with Gasteiger partial charge in [-0.2, -0.15) is 0 Å². The normalized spacial score (nSPS) is 9.95. The van der Waals surface area contributed by atoms with Gasteiger partial charge >= 0.3 is 0 Å². The van der Waals surface area contributed by atoms with E-state index in [1.54, 1.807) is 5.01 Å². The summed E-state index contributed by atoms with van der Waals surface area (Å²) in [6, 6.07) is 16.2. The van der Waals surface area contributed by atoms with Gasteiger partial charge in [0, 0.05) is 5.02 Å². The third kappa shape index (κ3) is 4.71. The fraction of sp³-hybridized carbons (Fsp3) is 0.250. The summed E-state index contributed by atoms with van der Waals surface area (Å²) in [5.74, 6) is 6.09. The molecule has 0 heterocycles. The second kappa shape index (κ2) is 8.15. The van der Waals surface area contributed by atoms with Crippen LogP contribution in [0.4, 0.5) is 5.69 Å². The minimum atomic E-state index is 0. The molecule has 0 amide bonds. The Labute approximate surface area is 131 Å². The Hall–Kier alpha value is -1.22. The van der Waals surface area contributed by atoms with Crippen molar-refractivity contribution in [3.05, 3.63) is 64.7 Å². The lowest BCUT2D eigenvalue weighted by atomic mass is 10.1. The van der Waals surface area contributed by atoms with Gasteiger partial charge in [-0.1, -0.05) is 49.2 Å². The van der Waals surface area contributed by atoms with E-state index in [-0.39, 0.29) is 12.4 Å². The number of aryl methyl sites for hydroxylation is 1. The van der Waals surface area contributed by atoms with Crippen LogP contribution >= 0.6 is 24.0 Å². The molecule has 0 aliphatic heterocycles. The standard InChI is InChI=1S/C16H19ClN2.ClH/c1-2-3-13-6-10-16(11-7-13)19(18)12-14-4-8-15(17)9-5-14;/h4-11H,2-3,12,18H2,1H3;1H. The maximum Gasteiger partial charge on any atom is 0.0592 e. The number of benzene rings is 2. The summed E-state index contributed by atoms with van der Waals surface area (Å²) < 4.78 is 0. The predicted octanol–water partition coefficient (Wildman–Crippen LogP) is 4.59. The first-order chi connectivity index (χ1) is 9.19. The van der Waals surface area contributed by atoms with Crippen LogP contribution in [0.15, 0.2) is 48.5 Å². The monoisotopic (exact) mass is 310 g/mol. The maximum absolute atomic E-state index is 6.09. The van der Waals surface area contributed by atoms with Gasteiger partial charge in [0.15, 0.2) is 0 Å². The predicted molar refractivity (Wildman–Crippen MR) is 89.5 cm³/mol. The number of rotatable bonds is 5. The number of nitrogens with two attached hydrogens (primary N) is 1. The maximum atomic E-state index is 6.09. The molecule has 2 rings (SSSR count). The third-order valence-electron chi connectivity index (χ3n) is 3.07. The third-order valence-corrected chi connectivity index (χ3v) is 3.32. The molecule has 0 bridgehead atoms. The van der Waals surface area contributed by atoms with E-state index in [0.717, 1.165) is 29.1 Å². The second-order valence-corrected chi connectivity index (χ2v) is 5.11. The van der Waals surface area contributed by atoms with Crippen molar-refractivity contribution in [3.8, 4) is 0 Å². The van der Waals surface area contributed by atoms with Gasteiger partial charge in [-0.15, -0.1) is 12.4 Å². The van der Waals surface area contributed by atoms with Crippen molar-refractivity contribution in [2.24, 2.45) is 5.84 Å². The Morgan fingerprint density at radius 3 is 2.05 bits per heavy atom. The van der Waals surface area contributed by atoms with Crippen LogP contribution in [0.1, 0.15) is 24.5 Å². The van der Waals surface area contributed by atoms with Crippen LogP contribution in [0, 0.1) is 0 Å². The minimum absolute atomic E-state index is 0.